The highest BCUT2D eigenvalue weighted by Gasteiger charge is 2.43. The van der Waals surface area contributed by atoms with Crippen molar-refractivity contribution < 1.29 is 14.3 Å². The van der Waals surface area contributed by atoms with E-state index in [9.17, 15) is 4.79 Å². The molecule has 0 aromatic rings. The number of aldehydes is 1. The Kier molecular flexibility index (Phi) is 2.40. The van der Waals surface area contributed by atoms with E-state index >= 15 is 0 Å². The summed E-state index contributed by atoms with van der Waals surface area (Å²) < 4.78 is 9.95. The predicted molar refractivity (Wildman–Crippen MR) is 35.5 cm³/mol. The first-order valence-corrected chi connectivity index (χ1v) is 3.34. The van der Waals surface area contributed by atoms with E-state index in [1.54, 1.807) is 14.2 Å². The van der Waals surface area contributed by atoms with Crippen LogP contribution in [-0.4, -0.2) is 26.8 Å². The molecule has 0 unspecified atom stereocenters. The maximum absolute atomic E-state index is 10.2. The van der Waals surface area contributed by atoms with Crippen LogP contribution in [0.4, 0.5) is 0 Å². The van der Waals surface area contributed by atoms with Gasteiger partial charge in [0.2, 0.25) is 0 Å². The van der Waals surface area contributed by atoms with Gasteiger partial charge < -0.3 is 14.3 Å². The van der Waals surface area contributed by atoms with E-state index in [2.05, 4.69) is 0 Å². The summed E-state index contributed by atoms with van der Waals surface area (Å²) in [5.41, 5.74) is 0. The van der Waals surface area contributed by atoms with Crippen molar-refractivity contribution in [2.75, 3.05) is 14.2 Å². The van der Waals surface area contributed by atoms with Crippen molar-refractivity contribution in [1.82, 2.24) is 0 Å². The number of carbonyl (C=O) groups is 1. The van der Waals surface area contributed by atoms with Crippen molar-refractivity contribution in [2.45, 2.75) is 12.7 Å². The Morgan fingerprint density at radius 2 is 2.10 bits per heavy atom. The zero-order chi connectivity index (χ0) is 7.56. The number of methoxy groups -OCH3 is 2. The molecule has 0 heterocycles. The Labute approximate surface area is 60.3 Å². The third kappa shape index (κ3) is 1.36. The van der Waals surface area contributed by atoms with Crippen LogP contribution in [0.25, 0.3) is 0 Å². The molecule has 10 heavy (non-hydrogen) atoms. The summed E-state index contributed by atoms with van der Waals surface area (Å²) in [5, 5.41) is 0. The van der Waals surface area contributed by atoms with Crippen LogP contribution < -0.4 is 0 Å². The van der Waals surface area contributed by atoms with Gasteiger partial charge in [0.25, 0.3) is 0 Å². The third-order valence-electron chi connectivity index (χ3n) is 1.88. The van der Waals surface area contributed by atoms with Crippen molar-refractivity contribution in [1.29, 1.82) is 0 Å². The van der Waals surface area contributed by atoms with Crippen LogP contribution in [0.15, 0.2) is 0 Å². The summed E-state index contributed by atoms with van der Waals surface area (Å²) >= 11 is 0. The van der Waals surface area contributed by atoms with Crippen LogP contribution in [0.3, 0.4) is 0 Å². The van der Waals surface area contributed by atoms with E-state index in [0.717, 1.165) is 12.7 Å². The number of hydrogen-bond acceptors (Lipinski definition) is 3. The van der Waals surface area contributed by atoms with E-state index in [0.29, 0.717) is 5.92 Å². The number of hydrogen-bond donors (Lipinski definition) is 0. The SMILES string of the molecule is COC(OC)[C@@H]1C[C@H]1C=O. The molecule has 1 saturated carbocycles. The molecule has 0 N–H and O–H groups in total. The molecule has 1 aliphatic rings. The summed E-state index contributed by atoms with van der Waals surface area (Å²) in [6.07, 6.45) is 1.70. The molecule has 1 fully saturated rings. The second-order valence-corrected chi connectivity index (χ2v) is 2.54. The Morgan fingerprint density at radius 1 is 1.50 bits per heavy atom. The molecule has 1 rings (SSSR count). The van der Waals surface area contributed by atoms with Crippen LogP contribution in [0.2, 0.25) is 0 Å². The van der Waals surface area contributed by atoms with Gasteiger partial charge in [-0.2, -0.15) is 0 Å². The largest absolute Gasteiger partial charge is 0.356 e. The third-order valence-corrected chi connectivity index (χ3v) is 1.88. The van der Waals surface area contributed by atoms with Crippen LogP contribution in [-0.2, 0) is 14.3 Å². The molecule has 0 radical (unpaired) electrons. The van der Waals surface area contributed by atoms with Gasteiger partial charge in [-0.15, -0.1) is 0 Å². The molecule has 0 aliphatic heterocycles. The molecule has 58 valence electrons. The molecular formula is C7H12O3. The average molecular weight is 144 g/mol. The summed E-state index contributed by atoms with van der Waals surface area (Å²) in [4.78, 5) is 10.2. The van der Waals surface area contributed by atoms with E-state index in [-0.39, 0.29) is 12.2 Å². The Hall–Kier alpha value is -0.410. The van der Waals surface area contributed by atoms with Crippen LogP contribution in [0.1, 0.15) is 6.42 Å². The van der Waals surface area contributed by atoms with Gasteiger partial charge in [0, 0.05) is 26.1 Å². The molecule has 2 atom stereocenters. The minimum absolute atomic E-state index is 0.171. The predicted octanol–water partition coefficient (Wildman–Crippen LogP) is 0.440. The quantitative estimate of drug-likeness (QED) is 0.424. The standard InChI is InChI=1S/C7H12O3/c1-9-7(10-2)6-3-5(6)4-8/h4-7H,3H2,1-2H3/t5-,6+/m0/s1. The smallest absolute Gasteiger partial charge is 0.160 e. The van der Waals surface area contributed by atoms with E-state index in [1.807, 2.05) is 0 Å². The Bertz CT molecular complexity index is 120. The van der Waals surface area contributed by atoms with Crippen LogP contribution in [0, 0.1) is 11.8 Å². The fourth-order valence-electron chi connectivity index (χ4n) is 1.15. The van der Waals surface area contributed by atoms with Gasteiger partial charge in [-0.05, 0) is 6.42 Å². The maximum Gasteiger partial charge on any atom is 0.160 e. The Morgan fingerprint density at radius 3 is 2.40 bits per heavy atom. The highest BCUT2D eigenvalue weighted by molar-refractivity contribution is 5.58. The molecule has 3 heteroatoms. The molecule has 3 nitrogen and oxygen atoms in total. The van der Waals surface area contributed by atoms with Gasteiger partial charge in [-0.25, -0.2) is 0 Å². The van der Waals surface area contributed by atoms with Crippen molar-refractivity contribution in [3.63, 3.8) is 0 Å². The van der Waals surface area contributed by atoms with E-state index in [4.69, 9.17) is 9.47 Å². The molecular weight excluding hydrogens is 132 g/mol. The Balaban J connectivity index is 2.29. The molecule has 0 aromatic heterocycles. The lowest BCUT2D eigenvalue weighted by Gasteiger charge is -2.11. The highest BCUT2D eigenvalue weighted by Crippen LogP contribution is 2.40. The summed E-state index contributed by atoms with van der Waals surface area (Å²) in [6.45, 7) is 0. The van der Waals surface area contributed by atoms with Gasteiger partial charge >= 0.3 is 0 Å². The van der Waals surface area contributed by atoms with Crippen molar-refractivity contribution in [3.8, 4) is 0 Å². The number of carbonyl (C=O) groups excluding carboxylic acids is 1. The maximum atomic E-state index is 10.2. The average Bonchev–Trinajstić information content (AvgIpc) is 2.70. The summed E-state index contributed by atoms with van der Waals surface area (Å²) in [6, 6.07) is 0. The van der Waals surface area contributed by atoms with Gasteiger partial charge in [-0.1, -0.05) is 0 Å². The van der Waals surface area contributed by atoms with Crippen molar-refractivity contribution in [3.05, 3.63) is 0 Å². The van der Waals surface area contributed by atoms with E-state index in [1.165, 1.54) is 0 Å². The first-order valence-electron chi connectivity index (χ1n) is 3.34. The van der Waals surface area contributed by atoms with Gasteiger partial charge in [0.1, 0.15) is 6.29 Å². The second-order valence-electron chi connectivity index (χ2n) is 2.54. The zero-order valence-corrected chi connectivity index (χ0v) is 6.24. The van der Waals surface area contributed by atoms with Crippen molar-refractivity contribution in [2.24, 2.45) is 11.8 Å². The topological polar surface area (TPSA) is 35.5 Å². The zero-order valence-electron chi connectivity index (χ0n) is 6.24. The number of ether oxygens (including phenoxy) is 2. The molecule has 0 spiro atoms. The lowest BCUT2D eigenvalue weighted by atomic mass is 10.3. The second kappa shape index (κ2) is 3.12. The van der Waals surface area contributed by atoms with Gasteiger partial charge in [-0.3, -0.25) is 0 Å². The highest BCUT2D eigenvalue weighted by atomic mass is 16.7. The van der Waals surface area contributed by atoms with E-state index < -0.39 is 0 Å². The monoisotopic (exact) mass is 144 g/mol. The molecule has 0 aromatic carbocycles. The lowest BCUT2D eigenvalue weighted by molar-refractivity contribution is -0.124. The summed E-state index contributed by atoms with van der Waals surface area (Å²) in [5.74, 6) is 0.470. The molecule has 0 saturated heterocycles. The molecule has 0 bridgehead atoms. The fourth-order valence-corrected chi connectivity index (χ4v) is 1.15. The van der Waals surface area contributed by atoms with Crippen molar-refractivity contribution >= 4 is 6.29 Å². The van der Waals surface area contributed by atoms with Crippen LogP contribution >= 0.6 is 0 Å². The van der Waals surface area contributed by atoms with Gasteiger partial charge in [0.15, 0.2) is 6.29 Å². The first-order chi connectivity index (χ1) is 4.83. The minimum atomic E-state index is -0.185. The fraction of sp³-hybridized carbons (Fsp3) is 0.857. The first kappa shape index (κ1) is 7.69. The molecule has 1 aliphatic carbocycles. The minimum Gasteiger partial charge on any atom is -0.356 e. The summed E-state index contributed by atoms with van der Waals surface area (Å²) in [7, 11) is 3.18. The normalized spacial score (nSPS) is 30.7. The van der Waals surface area contributed by atoms with Crippen LogP contribution in [0.5, 0.6) is 0 Å². The lowest BCUT2D eigenvalue weighted by Crippen LogP contribution is -2.16. The molecule has 0 amide bonds. The van der Waals surface area contributed by atoms with Gasteiger partial charge in [0.05, 0.1) is 0 Å². The number of rotatable bonds is 4.